The van der Waals surface area contributed by atoms with Crippen molar-refractivity contribution in [3.63, 3.8) is 0 Å². The zero-order valence-electron chi connectivity index (χ0n) is 21.5. The summed E-state index contributed by atoms with van der Waals surface area (Å²) in [5.74, 6) is -0.281. The van der Waals surface area contributed by atoms with E-state index in [2.05, 4.69) is 30.9 Å². The number of rotatable bonds is 9. The van der Waals surface area contributed by atoms with Gasteiger partial charge in [-0.15, -0.1) is 0 Å². The van der Waals surface area contributed by atoms with Crippen molar-refractivity contribution in [3.05, 3.63) is 107 Å². The molecule has 2 aromatic carbocycles. The predicted octanol–water partition coefficient (Wildman–Crippen LogP) is 4.10. The number of esters is 1. The highest BCUT2D eigenvalue weighted by Gasteiger charge is 2.37. The summed E-state index contributed by atoms with van der Waals surface area (Å²) in [5, 5.41) is 19.3. The number of cyclic esters (lactones) is 1. The zero-order chi connectivity index (χ0) is 27.4. The molecule has 3 heterocycles. The molecule has 1 aliphatic heterocycles. The van der Waals surface area contributed by atoms with Crippen molar-refractivity contribution in [3.8, 4) is 0 Å². The Morgan fingerprint density at radius 3 is 2.59 bits per heavy atom. The average Bonchev–Trinajstić information content (AvgIpc) is 3.18. The first-order valence-electron chi connectivity index (χ1n) is 12.5. The number of nitrogens with one attached hydrogen (secondary N) is 3. The molecule has 0 bridgehead atoms. The lowest BCUT2D eigenvalue weighted by Crippen LogP contribution is -2.26. The molecule has 2 aromatic heterocycles. The Bertz CT molecular complexity index is 1490. The van der Waals surface area contributed by atoms with Crippen molar-refractivity contribution in [1.29, 1.82) is 0 Å². The summed E-state index contributed by atoms with van der Waals surface area (Å²) in [6, 6.07) is 19.6. The Morgan fingerprint density at radius 1 is 1.05 bits per heavy atom. The Kier molecular flexibility index (Phi) is 7.20. The Hall–Kier alpha value is -4.83. The second-order valence-electron chi connectivity index (χ2n) is 9.54. The van der Waals surface area contributed by atoms with Gasteiger partial charge in [0.25, 0.3) is 5.91 Å². The monoisotopic (exact) mass is 524 g/mol. The quantitative estimate of drug-likeness (QED) is 0.238. The molecule has 1 amide bonds. The van der Waals surface area contributed by atoms with E-state index in [-0.39, 0.29) is 36.5 Å². The summed E-state index contributed by atoms with van der Waals surface area (Å²) in [6.45, 7) is 3.67. The van der Waals surface area contributed by atoms with Crippen LogP contribution in [0.15, 0.2) is 79.1 Å². The predicted molar refractivity (Wildman–Crippen MR) is 145 cm³/mol. The van der Waals surface area contributed by atoms with Gasteiger partial charge in [-0.1, -0.05) is 36.4 Å². The van der Waals surface area contributed by atoms with Gasteiger partial charge in [-0.05, 0) is 49.7 Å². The summed E-state index contributed by atoms with van der Waals surface area (Å²) in [5.41, 5.74) is 2.92. The number of pyridine rings is 1. The Labute approximate surface area is 225 Å². The third-order valence-corrected chi connectivity index (χ3v) is 6.38. The summed E-state index contributed by atoms with van der Waals surface area (Å²) in [7, 11) is 0. The Balaban J connectivity index is 1.44. The van der Waals surface area contributed by atoms with Crippen LogP contribution >= 0.6 is 0 Å². The van der Waals surface area contributed by atoms with Gasteiger partial charge in [0.1, 0.15) is 17.0 Å². The number of hydrogen-bond donors (Lipinski definition) is 4. The smallest absolute Gasteiger partial charge is 0.339 e. The van der Waals surface area contributed by atoms with Crippen LogP contribution < -0.4 is 16.0 Å². The topological polar surface area (TPSA) is 138 Å². The highest BCUT2D eigenvalue weighted by atomic mass is 16.6. The van der Waals surface area contributed by atoms with Gasteiger partial charge in [0, 0.05) is 23.6 Å². The summed E-state index contributed by atoms with van der Waals surface area (Å²) in [6.07, 6.45) is 3.08. The first kappa shape index (κ1) is 25.8. The van der Waals surface area contributed by atoms with E-state index >= 15 is 0 Å². The van der Waals surface area contributed by atoms with Gasteiger partial charge in [-0.3, -0.25) is 9.78 Å². The van der Waals surface area contributed by atoms with Crippen LogP contribution in [0.1, 0.15) is 57.4 Å². The Morgan fingerprint density at radius 2 is 1.85 bits per heavy atom. The molecule has 198 valence electrons. The van der Waals surface area contributed by atoms with Gasteiger partial charge in [-0.2, -0.15) is 4.98 Å². The summed E-state index contributed by atoms with van der Waals surface area (Å²) < 4.78 is 5.46. The maximum Gasteiger partial charge on any atom is 0.339 e. The normalized spacial score (nSPS) is 14.2. The van der Waals surface area contributed by atoms with Crippen LogP contribution in [0.2, 0.25) is 0 Å². The highest BCUT2D eigenvalue weighted by molar-refractivity contribution is 5.98. The molecule has 4 aromatic rings. The number of aliphatic hydroxyl groups excluding tert-OH is 1. The van der Waals surface area contributed by atoms with E-state index in [0.29, 0.717) is 16.9 Å². The molecule has 0 saturated carbocycles. The van der Waals surface area contributed by atoms with E-state index in [9.17, 15) is 14.7 Å². The van der Waals surface area contributed by atoms with Gasteiger partial charge in [0.05, 0.1) is 30.5 Å². The highest BCUT2D eigenvalue weighted by Crippen LogP contribution is 2.37. The van der Waals surface area contributed by atoms with Crippen LogP contribution in [0.25, 0.3) is 0 Å². The molecule has 10 nitrogen and oxygen atoms in total. The fraction of sp³-hybridized carbons (Fsp3) is 0.207. The molecule has 0 fully saturated rings. The van der Waals surface area contributed by atoms with E-state index in [0.717, 1.165) is 11.1 Å². The van der Waals surface area contributed by atoms with Gasteiger partial charge >= 0.3 is 5.97 Å². The molecular formula is C29H28N6O4. The van der Waals surface area contributed by atoms with Gasteiger partial charge < -0.3 is 25.8 Å². The minimum absolute atomic E-state index is 0.208. The third kappa shape index (κ3) is 5.70. The molecule has 4 N–H and O–H groups in total. The molecule has 1 aliphatic rings. The maximum atomic E-state index is 13.2. The van der Waals surface area contributed by atoms with E-state index in [1.54, 1.807) is 24.4 Å². The number of aromatic nitrogens is 3. The van der Waals surface area contributed by atoms with Crippen LogP contribution in [0.3, 0.4) is 0 Å². The van der Waals surface area contributed by atoms with Crippen molar-refractivity contribution in [2.75, 3.05) is 17.2 Å². The molecule has 0 saturated heterocycles. The SMILES string of the molecule is CC1(C)OC(=O)c2ccc(Nc3ncc(C(=O)NCc4ccccn4)c(N[C@H](CO)c4ccccc4)n3)cc21. The van der Waals surface area contributed by atoms with Crippen LogP contribution in [0.5, 0.6) is 0 Å². The number of carbonyl (C=O) groups excluding carboxylic acids is 2. The number of hydrogen-bond acceptors (Lipinski definition) is 9. The fourth-order valence-corrected chi connectivity index (χ4v) is 4.34. The third-order valence-electron chi connectivity index (χ3n) is 6.38. The molecule has 0 aliphatic carbocycles. The number of carbonyl (C=O) groups is 2. The second kappa shape index (κ2) is 10.9. The molecule has 1 atom stereocenters. The lowest BCUT2D eigenvalue weighted by atomic mass is 9.95. The summed E-state index contributed by atoms with van der Waals surface area (Å²) >= 11 is 0. The first-order chi connectivity index (χ1) is 18.8. The van der Waals surface area contributed by atoms with Gasteiger partial charge in [0.2, 0.25) is 5.95 Å². The second-order valence-corrected chi connectivity index (χ2v) is 9.54. The van der Waals surface area contributed by atoms with E-state index in [1.165, 1.54) is 6.20 Å². The molecule has 39 heavy (non-hydrogen) atoms. The van der Waals surface area contributed by atoms with Gasteiger partial charge in [-0.25, -0.2) is 9.78 Å². The van der Waals surface area contributed by atoms with Gasteiger partial charge in [0.15, 0.2) is 0 Å². The minimum atomic E-state index is -0.753. The number of nitrogens with zero attached hydrogens (tertiary/aromatic N) is 3. The van der Waals surface area contributed by atoms with Crippen molar-refractivity contribution in [2.24, 2.45) is 0 Å². The number of ether oxygens (including phenoxy) is 1. The maximum absolute atomic E-state index is 13.2. The number of aliphatic hydroxyl groups is 1. The summed E-state index contributed by atoms with van der Waals surface area (Å²) in [4.78, 5) is 38.5. The van der Waals surface area contributed by atoms with Crippen LogP contribution in [-0.2, 0) is 16.9 Å². The largest absolute Gasteiger partial charge is 0.451 e. The number of amides is 1. The van der Waals surface area contributed by atoms with Crippen molar-refractivity contribution >= 4 is 29.3 Å². The molecule has 0 radical (unpaired) electrons. The standard InChI is InChI=1S/C29H28N6O4/c1-29(2)23-14-19(11-12-21(23)27(38)39-29)33-28-32-16-22(26(37)31-15-20-10-6-7-13-30-20)25(35-28)34-24(17-36)18-8-4-3-5-9-18/h3-14,16,24,36H,15,17H2,1-2H3,(H,31,37)(H2,32,33,34,35)/t24-/m1/s1. The van der Waals surface area contributed by atoms with E-state index in [1.807, 2.05) is 62.4 Å². The number of anilines is 3. The van der Waals surface area contributed by atoms with Crippen LogP contribution in [-0.4, -0.2) is 38.5 Å². The molecule has 5 rings (SSSR count). The zero-order valence-corrected chi connectivity index (χ0v) is 21.5. The number of benzene rings is 2. The average molecular weight is 525 g/mol. The molecule has 0 unspecified atom stereocenters. The molecule has 10 heteroatoms. The van der Waals surface area contributed by atoms with Crippen molar-refractivity contribution in [1.82, 2.24) is 20.3 Å². The lowest BCUT2D eigenvalue weighted by Gasteiger charge is -2.20. The first-order valence-corrected chi connectivity index (χ1v) is 12.5. The molecule has 0 spiro atoms. The fourth-order valence-electron chi connectivity index (χ4n) is 4.34. The van der Waals surface area contributed by atoms with E-state index < -0.39 is 17.6 Å². The van der Waals surface area contributed by atoms with E-state index in [4.69, 9.17) is 4.74 Å². The lowest BCUT2D eigenvalue weighted by molar-refractivity contribution is 0.00953. The molecular weight excluding hydrogens is 496 g/mol. The van der Waals surface area contributed by atoms with Crippen LogP contribution in [0.4, 0.5) is 17.5 Å². The van der Waals surface area contributed by atoms with Crippen molar-refractivity contribution < 1.29 is 19.4 Å². The van der Waals surface area contributed by atoms with Crippen molar-refractivity contribution in [2.45, 2.75) is 32.0 Å². The van der Waals surface area contributed by atoms with Crippen LogP contribution in [0, 0.1) is 0 Å². The number of fused-ring (bicyclic) bond motifs is 1. The minimum Gasteiger partial charge on any atom is -0.451 e.